The van der Waals surface area contributed by atoms with Gasteiger partial charge in [0.1, 0.15) is 10.6 Å². The lowest BCUT2D eigenvalue weighted by Crippen LogP contribution is -2.49. The molecule has 1 saturated heterocycles. The molecule has 1 fully saturated rings. The summed E-state index contributed by atoms with van der Waals surface area (Å²) in [6.45, 7) is 2.45. The van der Waals surface area contributed by atoms with Crippen LogP contribution in [0.25, 0.3) is 0 Å². The minimum Gasteiger partial charge on any atom is -0.352 e. The molecule has 0 spiro atoms. The summed E-state index contributed by atoms with van der Waals surface area (Å²) in [4.78, 5) is 26.8. The third kappa shape index (κ3) is 2.69. The first-order valence-corrected chi connectivity index (χ1v) is 9.65. The summed E-state index contributed by atoms with van der Waals surface area (Å²) < 4.78 is 26.5. The molecule has 2 N–H and O–H groups in total. The van der Waals surface area contributed by atoms with Crippen molar-refractivity contribution in [1.29, 1.82) is 0 Å². The number of fused-ring (bicyclic) bond motifs is 2. The number of carbonyl (C=O) groups is 2. The quantitative estimate of drug-likeness (QED) is 0.819. The van der Waals surface area contributed by atoms with Gasteiger partial charge in [-0.1, -0.05) is 0 Å². The molecule has 1 aromatic heterocycles. The van der Waals surface area contributed by atoms with Crippen molar-refractivity contribution in [2.75, 3.05) is 32.0 Å². The summed E-state index contributed by atoms with van der Waals surface area (Å²) in [7, 11) is -1.88. The number of hydrogen-bond donors (Lipinski definition) is 2. The van der Waals surface area contributed by atoms with Crippen molar-refractivity contribution in [3.05, 3.63) is 47.8 Å². The van der Waals surface area contributed by atoms with Gasteiger partial charge in [-0.25, -0.2) is 12.4 Å². The number of likely N-dealkylation sites (tertiary alicyclic amines) is 1. The number of rotatable bonds is 3. The lowest BCUT2D eigenvalue weighted by Gasteiger charge is -2.36. The van der Waals surface area contributed by atoms with Crippen molar-refractivity contribution in [1.82, 2.24) is 14.2 Å². The van der Waals surface area contributed by atoms with Crippen LogP contribution in [0.2, 0.25) is 0 Å². The Labute approximate surface area is 150 Å². The second-order valence-corrected chi connectivity index (χ2v) is 8.44. The molecule has 9 heteroatoms. The largest absolute Gasteiger partial charge is 0.352 e. The summed E-state index contributed by atoms with van der Waals surface area (Å²) >= 11 is 0. The summed E-state index contributed by atoms with van der Waals surface area (Å²) in [5.74, 6) is -0.402. The molecular weight excluding hydrogens is 356 g/mol. The predicted octanol–water partition coefficient (Wildman–Crippen LogP) is 0.582. The van der Waals surface area contributed by atoms with E-state index in [1.807, 2.05) is 7.05 Å². The van der Waals surface area contributed by atoms with Gasteiger partial charge in [0, 0.05) is 37.3 Å². The third-order valence-corrected chi connectivity index (χ3v) is 6.41. The summed E-state index contributed by atoms with van der Waals surface area (Å²) in [6, 6.07) is 7.14. The van der Waals surface area contributed by atoms with Crippen molar-refractivity contribution < 1.29 is 18.0 Å². The number of aromatic nitrogens is 1. The predicted molar refractivity (Wildman–Crippen MR) is 94.7 cm³/mol. The van der Waals surface area contributed by atoms with E-state index in [1.165, 1.54) is 36.5 Å². The minimum absolute atomic E-state index is 0.0290. The molecule has 0 bridgehead atoms. The zero-order valence-electron chi connectivity index (χ0n) is 14.1. The van der Waals surface area contributed by atoms with Crippen LogP contribution in [0.5, 0.6) is 0 Å². The van der Waals surface area contributed by atoms with E-state index in [1.54, 1.807) is 0 Å². The number of nitrogens with one attached hydrogen (secondary N) is 2. The Balaban J connectivity index is 1.62. The molecule has 4 rings (SSSR count). The van der Waals surface area contributed by atoms with Gasteiger partial charge in [0.25, 0.3) is 21.8 Å². The molecule has 3 heterocycles. The van der Waals surface area contributed by atoms with E-state index in [-0.39, 0.29) is 22.2 Å². The average molecular weight is 374 g/mol. The van der Waals surface area contributed by atoms with Crippen LogP contribution in [-0.2, 0) is 10.0 Å². The standard InChI is InChI=1S/C17H18N4O4S/c1-20-9-11(10-20)8-18-16(22)12-4-5-15-13(7-12)19-17(23)14-3-2-6-21(14)26(15,24)25/h2-7,11H,8-10H2,1H3,(H,18,22)(H,19,23). The first kappa shape index (κ1) is 16.8. The van der Waals surface area contributed by atoms with E-state index in [0.29, 0.717) is 18.0 Å². The molecule has 2 amide bonds. The lowest BCUT2D eigenvalue weighted by molar-refractivity contribution is 0.0897. The van der Waals surface area contributed by atoms with Crippen molar-refractivity contribution in [2.45, 2.75) is 4.90 Å². The van der Waals surface area contributed by atoms with E-state index in [4.69, 9.17) is 0 Å². The van der Waals surface area contributed by atoms with Crippen molar-refractivity contribution in [3.8, 4) is 0 Å². The normalized spacial score (nSPS) is 18.9. The molecule has 2 aromatic rings. The zero-order valence-corrected chi connectivity index (χ0v) is 14.9. The molecule has 26 heavy (non-hydrogen) atoms. The molecule has 0 atom stereocenters. The fourth-order valence-electron chi connectivity index (χ4n) is 3.33. The second kappa shape index (κ2) is 5.96. The Morgan fingerprint density at radius 2 is 2.08 bits per heavy atom. The zero-order chi connectivity index (χ0) is 18.5. The fourth-order valence-corrected chi connectivity index (χ4v) is 4.81. The SMILES string of the molecule is CN1CC(CNC(=O)c2ccc3c(c2)NC(=O)c2cccn2S3(=O)=O)C1. The van der Waals surface area contributed by atoms with Gasteiger partial charge in [-0.15, -0.1) is 0 Å². The Morgan fingerprint density at radius 1 is 1.31 bits per heavy atom. The van der Waals surface area contributed by atoms with Crippen LogP contribution < -0.4 is 10.6 Å². The van der Waals surface area contributed by atoms with Gasteiger partial charge >= 0.3 is 0 Å². The first-order chi connectivity index (χ1) is 12.4. The average Bonchev–Trinajstić information content (AvgIpc) is 3.05. The number of benzene rings is 1. The second-order valence-electron chi connectivity index (χ2n) is 6.66. The Kier molecular flexibility index (Phi) is 3.85. The van der Waals surface area contributed by atoms with Crippen molar-refractivity contribution in [2.24, 2.45) is 5.92 Å². The summed E-state index contributed by atoms with van der Waals surface area (Å²) in [5.41, 5.74) is 0.439. The Bertz CT molecular complexity index is 1010. The summed E-state index contributed by atoms with van der Waals surface area (Å²) in [6.07, 6.45) is 1.33. The molecule has 2 aliphatic heterocycles. The van der Waals surface area contributed by atoms with Gasteiger partial charge < -0.3 is 15.5 Å². The minimum atomic E-state index is -3.90. The molecule has 0 aliphatic carbocycles. The molecule has 2 aliphatic rings. The monoisotopic (exact) mass is 374 g/mol. The smallest absolute Gasteiger partial charge is 0.273 e. The number of nitrogens with zero attached hydrogens (tertiary/aromatic N) is 2. The topological polar surface area (TPSA) is 101 Å². The van der Waals surface area contributed by atoms with Crippen LogP contribution in [0, 0.1) is 5.92 Å². The highest BCUT2D eigenvalue weighted by Crippen LogP contribution is 2.29. The van der Waals surface area contributed by atoms with Crippen molar-refractivity contribution in [3.63, 3.8) is 0 Å². The number of amides is 2. The van der Waals surface area contributed by atoms with Gasteiger partial charge in [0.05, 0.1) is 5.69 Å². The van der Waals surface area contributed by atoms with Gasteiger partial charge in [-0.05, 0) is 37.4 Å². The maximum Gasteiger partial charge on any atom is 0.273 e. The molecule has 0 radical (unpaired) electrons. The molecular formula is C17H18N4O4S. The van der Waals surface area contributed by atoms with Crippen LogP contribution in [0.1, 0.15) is 20.8 Å². The maximum absolute atomic E-state index is 12.8. The molecule has 1 aromatic carbocycles. The van der Waals surface area contributed by atoms with Crippen LogP contribution in [0.15, 0.2) is 41.4 Å². The molecule has 0 saturated carbocycles. The van der Waals surface area contributed by atoms with E-state index < -0.39 is 15.9 Å². The fraction of sp³-hybridized carbons (Fsp3) is 0.294. The summed E-state index contributed by atoms with van der Waals surface area (Å²) in [5, 5.41) is 5.44. The van der Waals surface area contributed by atoms with E-state index >= 15 is 0 Å². The van der Waals surface area contributed by atoms with Crippen LogP contribution in [0.3, 0.4) is 0 Å². The Morgan fingerprint density at radius 3 is 2.81 bits per heavy atom. The van der Waals surface area contributed by atoms with E-state index in [9.17, 15) is 18.0 Å². The van der Waals surface area contributed by atoms with Gasteiger partial charge in [-0.2, -0.15) is 0 Å². The Hall–Kier alpha value is -2.65. The lowest BCUT2D eigenvalue weighted by atomic mass is 10.0. The third-order valence-electron chi connectivity index (χ3n) is 4.66. The van der Waals surface area contributed by atoms with Crippen LogP contribution in [-0.4, -0.2) is 55.8 Å². The van der Waals surface area contributed by atoms with Gasteiger partial charge in [0.15, 0.2) is 0 Å². The maximum atomic E-state index is 12.8. The molecule has 136 valence electrons. The highest BCUT2D eigenvalue weighted by atomic mass is 32.2. The first-order valence-electron chi connectivity index (χ1n) is 8.21. The number of anilines is 1. The number of carbonyl (C=O) groups excluding carboxylic acids is 2. The van der Waals surface area contributed by atoms with Gasteiger partial charge in [0.2, 0.25) is 0 Å². The number of hydrogen-bond acceptors (Lipinski definition) is 5. The van der Waals surface area contributed by atoms with Crippen LogP contribution in [0.4, 0.5) is 5.69 Å². The van der Waals surface area contributed by atoms with E-state index in [2.05, 4.69) is 15.5 Å². The highest BCUT2D eigenvalue weighted by molar-refractivity contribution is 7.90. The van der Waals surface area contributed by atoms with Crippen molar-refractivity contribution >= 4 is 27.5 Å². The highest BCUT2D eigenvalue weighted by Gasteiger charge is 2.30. The van der Waals surface area contributed by atoms with Crippen LogP contribution >= 0.6 is 0 Å². The van der Waals surface area contributed by atoms with E-state index in [0.717, 1.165) is 17.1 Å². The molecule has 8 nitrogen and oxygen atoms in total. The van der Waals surface area contributed by atoms with Gasteiger partial charge in [-0.3, -0.25) is 9.59 Å². The molecule has 0 unspecified atom stereocenters.